The van der Waals surface area contributed by atoms with Crippen molar-refractivity contribution in [2.24, 2.45) is 0 Å². The van der Waals surface area contributed by atoms with Gasteiger partial charge in [0, 0.05) is 12.2 Å². The number of carbonyl (C=O) groups is 2. The Balaban J connectivity index is 1.99. The van der Waals surface area contributed by atoms with E-state index in [0.717, 1.165) is 19.3 Å². The first-order chi connectivity index (χ1) is 15.4. The van der Waals surface area contributed by atoms with Crippen LogP contribution >= 0.6 is 0 Å². The molecule has 1 aliphatic heterocycles. The average Bonchev–Trinajstić information content (AvgIpc) is 3.05. The van der Waals surface area contributed by atoms with E-state index >= 15 is 0 Å². The predicted molar refractivity (Wildman–Crippen MR) is 122 cm³/mol. The molecule has 0 saturated heterocycles. The highest BCUT2D eigenvalue weighted by Crippen LogP contribution is 2.40. The maximum atomic E-state index is 13.4. The van der Waals surface area contributed by atoms with Crippen LogP contribution in [-0.2, 0) is 14.3 Å². The molecule has 0 saturated carbocycles. The second-order valence-electron chi connectivity index (χ2n) is 7.78. The highest BCUT2D eigenvalue weighted by molar-refractivity contribution is 6.16. The normalized spacial score (nSPS) is 17.5. The number of ether oxygens (including phenoxy) is 4. The molecule has 3 rings (SSSR count). The summed E-state index contributed by atoms with van der Waals surface area (Å²) in [6.45, 7) is 2.32. The molecule has 2 aliphatic rings. The van der Waals surface area contributed by atoms with Crippen LogP contribution in [0.3, 0.4) is 0 Å². The summed E-state index contributed by atoms with van der Waals surface area (Å²) < 4.78 is 21.2. The number of rotatable bonds is 8. The summed E-state index contributed by atoms with van der Waals surface area (Å²) in [4.78, 5) is 27.6. The molecule has 172 valence electrons. The van der Waals surface area contributed by atoms with Crippen molar-refractivity contribution in [1.82, 2.24) is 4.90 Å². The number of benzene rings is 1. The maximum absolute atomic E-state index is 13.4. The number of allylic oxidation sites excluding steroid dienone is 2. The number of amides is 1. The molecule has 32 heavy (non-hydrogen) atoms. The van der Waals surface area contributed by atoms with Crippen LogP contribution < -0.4 is 14.2 Å². The Morgan fingerprint density at radius 1 is 1.06 bits per heavy atom. The van der Waals surface area contributed by atoms with E-state index in [4.69, 9.17) is 18.9 Å². The van der Waals surface area contributed by atoms with E-state index < -0.39 is 5.97 Å². The Morgan fingerprint density at radius 2 is 1.75 bits per heavy atom. The van der Waals surface area contributed by atoms with E-state index in [1.54, 1.807) is 30.0 Å². The van der Waals surface area contributed by atoms with Gasteiger partial charge in [0.1, 0.15) is 0 Å². The van der Waals surface area contributed by atoms with Crippen LogP contribution in [0, 0.1) is 0 Å². The Labute approximate surface area is 189 Å². The van der Waals surface area contributed by atoms with E-state index in [1.165, 1.54) is 46.9 Å². The summed E-state index contributed by atoms with van der Waals surface area (Å²) in [5.74, 6) is 0.635. The van der Waals surface area contributed by atoms with Gasteiger partial charge in [0.05, 0.1) is 39.6 Å². The van der Waals surface area contributed by atoms with Crippen molar-refractivity contribution in [3.05, 3.63) is 46.2 Å². The first-order valence-corrected chi connectivity index (χ1v) is 10.8. The van der Waals surface area contributed by atoms with E-state index in [-0.39, 0.29) is 11.5 Å². The molecular formula is C25H31NO6. The zero-order valence-electron chi connectivity index (χ0n) is 19.4. The minimum absolute atomic E-state index is 0.215. The molecule has 1 amide bonds. The first kappa shape index (κ1) is 23.4. The van der Waals surface area contributed by atoms with Crippen molar-refractivity contribution in [1.29, 1.82) is 0 Å². The average molecular weight is 442 g/mol. The van der Waals surface area contributed by atoms with Gasteiger partial charge < -0.3 is 23.8 Å². The number of hydrogen-bond donors (Lipinski definition) is 0. The SMILES string of the molecule is COC(=O)C1=C(C)N(CCC2=CCCCC2)C(=O)/C1=C\c1cc(OC)c(OC)c(OC)c1. The standard InChI is InChI=1S/C25H31NO6/c1-16-22(25(28)32-5)19(24(27)26(16)12-11-17-9-7-6-8-10-17)13-18-14-20(29-2)23(31-4)21(15-18)30-3/h9,13-15H,6-8,10-12H2,1-5H3/b19-13-. The molecule has 0 bridgehead atoms. The molecule has 1 aliphatic carbocycles. The third-order valence-electron chi connectivity index (χ3n) is 5.94. The summed E-state index contributed by atoms with van der Waals surface area (Å²) in [6, 6.07) is 3.47. The van der Waals surface area contributed by atoms with Crippen LogP contribution in [0.4, 0.5) is 0 Å². The number of carbonyl (C=O) groups excluding carboxylic acids is 2. The fourth-order valence-corrected chi connectivity index (χ4v) is 4.24. The van der Waals surface area contributed by atoms with Crippen LogP contribution in [0.1, 0.15) is 44.6 Å². The molecule has 1 heterocycles. The van der Waals surface area contributed by atoms with Gasteiger partial charge in [0.25, 0.3) is 5.91 Å². The molecule has 0 radical (unpaired) electrons. The molecule has 7 nitrogen and oxygen atoms in total. The Kier molecular flexibility index (Phi) is 7.62. The van der Waals surface area contributed by atoms with Gasteiger partial charge in [0.15, 0.2) is 11.5 Å². The fourth-order valence-electron chi connectivity index (χ4n) is 4.24. The largest absolute Gasteiger partial charge is 0.493 e. The summed E-state index contributed by atoms with van der Waals surface area (Å²) in [5, 5.41) is 0. The van der Waals surface area contributed by atoms with Gasteiger partial charge in [-0.25, -0.2) is 4.79 Å². The number of esters is 1. The second-order valence-corrected chi connectivity index (χ2v) is 7.78. The Hall–Kier alpha value is -3.22. The molecular weight excluding hydrogens is 410 g/mol. The van der Waals surface area contributed by atoms with Crippen LogP contribution in [0.5, 0.6) is 17.2 Å². The van der Waals surface area contributed by atoms with Gasteiger partial charge in [-0.15, -0.1) is 0 Å². The van der Waals surface area contributed by atoms with E-state index in [9.17, 15) is 9.59 Å². The van der Waals surface area contributed by atoms with Gasteiger partial charge in [-0.05, 0) is 62.8 Å². The fraction of sp³-hybridized carbons (Fsp3) is 0.440. The van der Waals surface area contributed by atoms with E-state index in [2.05, 4.69) is 6.08 Å². The Morgan fingerprint density at radius 3 is 2.28 bits per heavy atom. The zero-order valence-corrected chi connectivity index (χ0v) is 19.4. The topological polar surface area (TPSA) is 74.3 Å². The van der Waals surface area contributed by atoms with Crippen molar-refractivity contribution < 1.29 is 28.5 Å². The minimum Gasteiger partial charge on any atom is -0.493 e. The molecule has 1 aromatic carbocycles. The van der Waals surface area contributed by atoms with Crippen molar-refractivity contribution >= 4 is 18.0 Å². The molecule has 1 aromatic rings. The Bertz CT molecular complexity index is 963. The number of nitrogens with zero attached hydrogens (tertiary/aromatic N) is 1. The lowest BCUT2D eigenvalue weighted by Crippen LogP contribution is -2.26. The van der Waals surface area contributed by atoms with Gasteiger partial charge in [0.2, 0.25) is 5.75 Å². The summed E-state index contributed by atoms with van der Waals surface area (Å²) in [5.41, 5.74) is 3.20. The van der Waals surface area contributed by atoms with Crippen LogP contribution in [0.25, 0.3) is 6.08 Å². The van der Waals surface area contributed by atoms with Gasteiger partial charge in [-0.2, -0.15) is 0 Å². The summed E-state index contributed by atoms with van der Waals surface area (Å²) in [6.07, 6.45) is 9.32. The van der Waals surface area contributed by atoms with Gasteiger partial charge in [-0.1, -0.05) is 11.6 Å². The van der Waals surface area contributed by atoms with Crippen molar-refractivity contribution in [2.75, 3.05) is 35.0 Å². The van der Waals surface area contributed by atoms with Crippen molar-refractivity contribution in [2.45, 2.75) is 39.0 Å². The van der Waals surface area contributed by atoms with Crippen LogP contribution in [-0.4, -0.2) is 51.8 Å². The molecule has 0 aromatic heterocycles. The van der Waals surface area contributed by atoms with Crippen LogP contribution in [0.15, 0.2) is 40.6 Å². The van der Waals surface area contributed by atoms with Crippen LogP contribution in [0.2, 0.25) is 0 Å². The van der Waals surface area contributed by atoms with Crippen molar-refractivity contribution in [3.8, 4) is 17.2 Å². The molecule has 0 fully saturated rings. The van der Waals surface area contributed by atoms with E-state index in [0.29, 0.717) is 40.6 Å². The van der Waals surface area contributed by atoms with Crippen molar-refractivity contribution in [3.63, 3.8) is 0 Å². The molecule has 0 atom stereocenters. The quantitative estimate of drug-likeness (QED) is 0.341. The third-order valence-corrected chi connectivity index (χ3v) is 5.94. The molecule has 0 unspecified atom stereocenters. The smallest absolute Gasteiger partial charge is 0.340 e. The maximum Gasteiger partial charge on any atom is 0.340 e. The zero-order chi connectivity index (χ0) is 23.3. The highest BCUT2D eigenvalue weighted by Gasteiger charge is 2.37. The number of methoxy groups -OCH3 is 4. The lowest BCUT2D eigenvalue weighted by molar-refractivity contribution is -0.136. The predicted octanol–water partition coefficient (Wildman–Crippen LogP) is 4.28. The molecule has 7 heteroatoms. The summed E-state index contributed by atoms with van der Waals surface area (Å²) in [7, 11) is 5.90. The molecule has 0 N–H and O–H groups in total. The lowest BCUT2D eigenvalue weighted by atomic mass is 9.97. The van der Waals surface area contributed by atoms with Gasteiger partial charge in [-0.3, -0.25) is 4.79 Å². The third kappa shape index (κ3) is 4.66. The second kappa shape index (κ2) is 10.4. The summed E-state index contributed by atoms with van der Waals surface area (Å²) >= 11 is 0. The number of hydrogen-bond acceptors (Lipinski definition) is 6. The molecule has 0 spiro atoms. The minimum atomic E-state index is -0.533. The van der Waals surface area contributed by atoms with E-state index in [1.807, 2.05) is 0 Å². The first-order valence-electron chi connectivity index (χ1n) is 10.8. The monoisotopic (exact) mass is 441 g/mol. The highest BCUT2D eigenvalue weighted by atomic mass is 16.5. The lowest BCUT2D eigenvalue weighted by Gasteiger charge is -2.20. The van der Waals surface area contributed by atoms with Gasteiger partial charge >= 0.3 is 5.97 Å².